The second-order valence-electron chi connectivity index (χ2n) is 8.58. The van der Waals surface area contributed by atoms with Crippen LogP contribution >= 0.6 is 11.3 Å². The number of aromatic nitrogens is 1. The van der Waals surface area contributed by atoms with E-state index in [1.165, 1.54) is 18.5 Å². The van der Waals surface area contributed by atoms with Crippen molar-refractivity contribution < 1.29 is 0 Å². The summed E-state index contributed by atoms with van der Waals surface area (Å²) < 4.78 is 0. The molecule has 0 radical (unpaired) electrons. The van der Waals surface area contributed by atoms with E-state index in [1.54, 1.807) is 11.3 Å². The summed E-state index contributed by atoms with van der Waals surface area (Å²) in [7, 11) is 0. The summed E-state index contributed by atoms with van der Waals surface area (Å²) in [5.41, 5.74) is 8.21. The Hall–Kier alpha value is -0.410. The topological polar surface area (TPSA) is 38.9 Å². The van der Waals surface area contributed by atoms with Crippen LogP contribution in [0.1, 0.15) is 77.9 Å². The molecule has 1 saturated carbocycles. The highest BCUT2D eigenvalue weighted by Gasteiger charge is 2.39. The SMILES string of the molecule is CC(C)(C)c1csc(C2(N)CCC(C(C)(C)C)CC2)n1. The first-order valence-electron chi connectivity index (χ1n) is 7.78. The molecule has 1 aliphatic rings. The summed E-state index contributed by atoms with van der Waals surface area (Å²) in [6, 6.07) is 0. The molecule has 1 fully saturated rings. The second kappa shape index (κ2) is 5.10. The van der Waals surface area contributed by atoms with E-state index < -0.39 is 0 Å². The molecule has 0 atom stereocenters. The molecule has 2 rings (SSSR count). The molecule has 0 bridgehead atoms. The van der Waals surface area contributed by atoms with Crippen LogP contribution in [0.5, 0.6) is 0 Å². The molecular formula is C17H30N2S. The Morgan fingerprint density at radius 3 is 2.10 bits per heavy atom. The molecule has 0 spiro atoms. The molecule has 0 aliphatic heterocycles. The van der Waals surface area contributed by atoms with Gasteiger partial charge in [-0.15, -0.1) is 11.3 Å². The van der Waals surface area contributed by atoms with Gasteiger partial charge in [-0.3, -0.25) is 0 Å². The van der Waals surface area contributed by atoms with Crippen molar-refractivity contribution in [2.24, 2.45) is 17.1 Å². The minimum Gasteiger partial charge on any atom is -0.319 e. The lowest BCUT2D eigenvalue weighted by Crippen LogP contribution is -2.42. The molecule has 114 valence electrons. The zero-order chi connectivity index (χ0) is 15.2. The van der Waals surface area contributed by atoms with Gasteiger partial charge in [0, 0.05) is 10.8 Å². The minimum absolute atomic E-state index is 0.119. The van der Waals surface area contributed by atoms with Crippen LogP contribution in [-0.4, -0.2) is 4.98 Å². The predicted octanol–water partition coefficient (Wildman–Crippen LogP) is 4.83. The highest BCUT2D eigenvalue weighted by molar-refractivity contribution is 7.09. The van der Waals surface area contributed by atoms with Crippen molar-refractivity contribution >= 4 is 11.3 Å². The van der Waals surface area contributed by atoms with Gasteiger partial charge in [0.1, 0.15) is 5.01 Å². The smallest absolute Gasteiger partial charge is 0.113 e. The highest BCUT2D eigenvalue weighted by Crippen LogP contribution is 2.45. The van der Waals surface area contributed by atoms with Crippen LogP contribution < -0.4 is 5.73 Å². The standard InChI is InChI=1S/C17H30N2S/c1-15(2,3)12-7-9-17(18,10-8-12)14-19-13(11-20-14)16(4,5)6/h11-12H,7-10,18H2,1-6H3. The Bertz CT molecular complexity index is 454. The first-order valence-corrected chi connectivity index (χ1v) is 8.66. The van der Waals surface area contributed by atoms with E-state index in [-0.39, 0.29) is 11.0 Å². The predicted molar refractivity (Wildman–Crippen MR) is 88.1 cm³/mol. The van der Waals surface area contributed by atoms with Crippen molar-refractivity contribution in [3.63, 3.8) is 0 Å². The first-order chi connectivity index (χ1) is 9.02. The van der Waals surface area contributed by atoms with Gasteiger partial charge >= 0.3 is 0 Å². The van der Waals surface area contributed by atoms with E-state index in [1.807, 2.05) is 0 Å². The zero-order valence-electron chi connectivity index (χ0n) is 13.9. The van der Waals surface area contributed by atoms with Crippen LogP contribution in [0.15, 0.2) is 5.38 Å². The van der Waals surface area contributed by atoms with Gasteiger partial charge < -0.3 is 5.73 Å². The van der Waals surface area contributed by atoms with Crippen LogP contribution in [-0.2, 0) is 11.0 Å². The fraction of sp³-hybridized carbons (Fsp3) is 0.824. The number of hydrogen-bond acceptors (Lipinski definition) is 3. The van der Waals surface area contributed by atoms with Crippen LogP contribution in [0.2, 0.25) is 0 Å². The Kier molecular flexibility index (Phi) is 4.07. The van der Waals surface area contributed by atoms with Gasteiger partial charge in [-0.1, -0.05) is 41.5 Å². The fourth-order valence-corrected chi connectivity index (χ4v) is 4.28. The largest absolute Gasteiger partial charge is 0.319 e. The summed E-state index contributed by atoms with van der Waals surface area (Å²) in [5, 5.41) is 3.34. The summed E-state index contributed by atoms with van der Waals surface area (Å²) in [4.78, 5) is 4.86. The van der Waals surface area contributed by atoms with Crippen LogP contribution in [0, 0.1) is 11.3 Å². The zero-order valence-corrected chi connectivity index (χ0v) is 14.7. The third-order valence-corrected chi connectivity index (χ3v) is 5.86. The number of rotatable bonds is 1. The van der Waals surface area contributed by atoms with E-state index in [4.69, 9.17) is 10.7 Å². The molecule has 1 heterocycles. The fourth-order valence-electron chi connectivity index (χ4n) is 3.06. The van der Waals surface area contributed by atoms with Crippen LogP contribution in [0.3, 0.4) is 0 Å². The molecule has 20 heavy (non-hydrogen) atoms. The Morgan fingerprint density at radius 2 is 1.70 bits per heavy atom. The maximum atomic E-state index is 6.69. The molecule has 2 N–H and O–H groups in total. The quantitative estimate of drug-likeness (QED) is 0.805. The molecule has 1 aliphatic carbocycles. The maximum absolute atomic E-state index is 6.69. The molecular weight excluding hydrogens is 264 g/mol. The number of thiazole rings is 1. The van der Waals surface area contributed by atoms with Gasteiger partial charge in [0.05, 0.1) is 11.2 Å². The van der Waals surface area contributed by atoms with Gasteiger partial charge in [-0.05, 0) is 37.0 Å². The van der Waals surface area contributed by atoms with Crippen molar-refractivity contribution in [2.75, 3.05) is 0 Å². The van der Waals surface area contributed by atoms with E-state index in [2.05, 4.69) is 46.9 Å². The molecule has 0 saturated heterocycles. The Balaban J connectivity index is 2.12. The Labute approximate surface area is 128 Å². The van der Waals surface area contributed by atoms with Crippen molar-refractivity contribution in [1.82, 2.24) is 4.98 Å². The van der Waals surface area contributed by atoms with E-state index in [0.29, 0.717) is 5.41 Å². The Morgan fingerprint density at radius 1 is 1.15 bits per heavy atom. The maximum Gasteiger partial charge on any atom is 0.113 e. The average Bonchev–Trinajstić information content (AvgIpc) is 2.77. The molecule has 0 aromatic carbocycles. The van der Waals surface area contributed by atoms with Gasteiger partial charge in [-0.25, -0.2) is 4.98 Å². The van der Waals surface area contributed by atoms with Crippen molar-refractivity contribution in [3.8, 4) is 0 Å². The number of hydrogen-bond donors (Lipinski definition) is 1. The summed E-state index contributed by atoms with van der Waals surface area (Å²) in [6.45, 7) is 13.7. The van der Waals surface area contributed by atoms with Crippen LogP contribution in [0.25, 0.3) is 0 Å². The van der Waals surface area contributed by atoms with Gasteiger partial charge in [0.15, 0.2) is 0 Å². The number of nitrogens with two attached hydrogens (primary N) is 1. The normalized spacial score (nSPS) is 28.6. The van der Waals surface area contributed by atoms with Gasteiger partial charge in [0.25, 0.3) is 0 Å². The summed E-state index contributed by atoms with van der Waals surface area (Å²) in [5.74, 6) is 0.793. The van der Waals surface area contributed by atoms with Crippen LogP contribution in [0.4, 0.5) is 0 Å². The summed E-state index contributed by atoms with van der Waals surface area (Å²) in [6.07, 6.45) is 4.60. The molecule has 0 amide bonds. The van der Waals surface area contributed by atoms with E-state index in [0.717, 1.165) is 23.8 Å². The molecule has 1 aromatic heterocycles. The average molecular weight is 295 g/mol. The third-order valence-electron chi connectivity index (χ3n) is 4.80. The van der Waals surface area contributed by atoms with E-state index >= 15 is 0 Å². The molecule has 2 nitrogen and oxygen atoms in total. The lowest BCUT2D eigenvalue weighted by Gasteiger charge is -2.41. The summed E-state index contributed by atoms with van der Waals surface area (Å²) >= 11 is 1.75. The molecule has 3 heteroatoms. The van der Waals surface area contributed by atoms with E-state index in [9.17, 15) is 0 Å². The van der Waals surface area contributed by atoms with Crippen molar-refractivity contribution in [3.05, 3.63) is 16.1 Å². The van der Waals surface area contributed by atoms with Gasteiger partial charge in [-0.2, -0.15) is 0 Å². The highest BCUT2D eigenvalue weighted by atomic mass is 32.1. The molecule has 0 unspecified atom stereocenters. The lowest BCUT2D eigenvalue weighted by atomic mass is 9.68. The third kappa shape index (κ3) is 3.25. The second-order valence-corrected chi connectivity index (χ2v) is 9.44. The van der Waals surface area contributed by atoms with Crippen molar-refractivity contribution in [1.29, 1.82) is 0 Å². The van der Waals surface area contributed by atoms with Gasteiger partial charge in [0.2, 0.25) is 0 Å². The molecule has 1 aromatic rings. The lowest BCUT2D eigenvalue weighted by molar-refractivity contribution is 0.133. The number of nitrogens with zero attached hydrogens (tertiary/aromatic N) is 1. The first kappa shape index (κ1) is 16.0. The monoisotopic (exact) mass is 294 g/mol. The van der Waals surface area contributed by atoms with Crippen molar-refractivity contribution in [2.45, 2.75) is 78.2 Å². The minimum atomic E-state index is -0.185.